The van der Waals surface area contributed by atoms with Gasteiger partial charge >= 0.3 is 19.8 Å². The maximum absolute atomic E-state index is 12.6. The highest BCUT2D eigenvalue weighted by Crippen LogP contribution is 2.43. The normalized spacial score (nSPS) is 14.5. The molecule has 3 atom stereocenters. The molecule has 0 aliphatic rings. The molecule has 3 unspecified atom stereocenters. The molecule has 0 aromatic carbocycles. The average Bonchev–Trinajstić information content (AvgIpc) is 3.16. The van der Waals surface area contributed by atoms with E-state index in [-0.39, 0.29) is 13.0 Å². The molecule has 0 aliphatic carbocycles. The van der Waals surface area contributed by atoms with Crippen LogP contribution in [0.15, 0.2) is 60.8 Å². The van der Waals surface area contributed by atoms with Crippen LogP contribution in [0.3, 0.4) is 0 Å². The van der Waals surface area contributed by atoms with Crippen LogP contribution < -0.4 is 5.73 Å². The fraction of sp³-hybridized carbons (Fsp3) is 0.727. The minimum Gasteiger partial charge on any atom is -0.480 e. The van der Waals surface area contributed by atoms with E-state index >= 15 is 0 Å². The van der Waals surface area contributed by atoms with Gasteiger partial charge in [0.2, 0.25) is 0 Å². The lowest BCUT2D eigenvalue weighted by molar-refractivity contribution is -0.154. The van der Waals surface area contributed by atoms with Crippen molar-refractivity contribution in [3.05, 3.63) is 60.8 Å². The summed E-state index contributed by atoms with van der Waals surface area (Å²) in [4.78, 5) is 33.5. The largest absolute Gasteiger partial charge is 0.480 e. The highest BCUT2D eigenvalue weighted by molar-refractivity contribution is 7.47. The monoisotopic (exact) mass is 796 g/mol. The predicted molar refractivity (Wildman–Crippen MR) is 226 cm³/mol. The van der Waals surface area contributed by atoms with Gasteiger partial charge in [-0.05, 0) is 70.6 Å². The molecule has 0 bridgehead atoms. The number of ether oxygens (including phenoxy) is 2. The van der Waals surface area contributed by atoms with Crippen LogP contribution in [0.5, 0.6) is 0 Å². The zero-order valence-electron chi connectivity index (χ0n) is 34.5. The van der Waals surface area contributed by atoms with Crippen molar-refractivity contribution in [3.63, 3.8) is 0 Å². The van der Waals surface area contributed by atoms with E-state index < -0.39 is 45.1 Å². The van der Waals surface area contributed by atoms with Gasteiger partial charge in [-0.1, -0.05) is 152 Å². The molecule has 0 saturated heterocycles. The zero-order chi connectivity index (χ0) is 40.5. The van der Waals surface area contributed by atoms with Gasteiger partial charge in [0.1, 0.15) is 12.1 Å². The molecule has 318 valence electrons. The molecule has 0 heterocycles. The van der Waals surface area contributed by atoms with E-state index in [2.05, 4.69) is 74.6 Å². The maximum atomic E-state index is 12.6. The molecule has 0 spiro atoms. The molecule has 0 amide bonds. The van der Waals surface area contributed by atoms with Crippen molar-refractivity contribution in [1.29, 1.82) is 0 Å². The second-order valence-electron chi connectivity index (χ2n) is 14.1. The van der Waals surface area contributed by atoms with E-state index in [9.17, 15) is 19.0 Å². The lowest BCUT2D eigenvalue weighted by Crippen LogP contribution is -2.34. The van der Waals surface area contributed by atoms with Crippen molar-refractivity contribution in [2.24, 2.45) is 5.73 Å². The summed E-state index contributed by atoms with van der Waals surface area (Å²) in [5.41, 5.74) is 5.35. The van der Waals surface area contributed by atoms with Gasteiger partial charge in [-0.15, -0.1) is 0 Å². The Balaban J connectivity index is 4.30. The van der Waals surface area contributed by atoms with Crippen LogP contribution in [0.2, 0.25) is 0 Å². The number of hydrogen-bond acceptors (Lipinski definition) is 8. The van der Waals surface area contributed by atoms with E-state index in [1.165, 1.54) is 83.5 Å². The summed E-state index contributed by atoms with van der Waals surface area (Å²) >= 11 is 0. The number of carbonyl (C=O) groups is 2. The Kier molecular flexibility index (Phi) is 38.2. The summed E-state index contributed by atoms with van der Waals surface area (Å²) in [7, 11) is -4.63. The number of aliphatic carboxylic acids is 1. The zero-order valence-corrected chi connectivity index (χ0v) is 35.4. The average molecular weight is 796 g/mol. The molecule has 0 aromatic rings. The number of hydrogen-bond donors (Lipinski definition) is 3. The molecule has 0 saturated carbocycles. The summed E-state index contributed by atoms with van der Waals surface area (Å²) in [6.07, 6.45) is 47.2. The highest BCUT2D eigenvalue weighted by atomic mass is 31.2. The lowest BCUT2D eigenvalue weighted by atomic mass is 10.1. The van der Waals surface area contributed by atoms with Crippen LogP contribution in [-0.4, -0.2) is 60.5 Å². The Morgan fingerprint density at radius 2 is 1.05 bits per heavy atom. The number of esters is 1. The van der Waals surface area contributed by atoms with E-state index in [4.69, 9.17) is 29.4 Å². The smallest absolute Gasteiger partial charge is 0.472 e. The van der Waals surface area contributed by atoms with Crippen LogP contribution in [0.25, 0.3) is 0 Å². The third-order valence-electron chi connectivity index (χ3n) is 8.78. The van der Waals surface area contributed by atoms with Gasteiger partial charge in [0.25, 0.3) is 0 Å². The van der Waals surface area contributed by atoms with Crippen LogP contribution in [0.1, 0.15) is 168 Å². The molecule has 0 radical (unpaired) electrons. The Labute approximate surface area is 334 Å². The fourth-order valence-corrected chi connectivity index (χ4v) is 6.26. The van der Waals surface area contributed by atoms with Crippen LogP contribution >= 0.6 is 7.82 Å². The summed E-state index contributed by atoms with van der Waals surface area (Å²) in [6, 6.07) is -1.48. The summed E-state index contributed by atoms with van der Waals surface area (Å²) in [5.74, 6) is -1.81. The number of carboxylic acids is 1. The topological polar surface area (TPSA) is 155 Å². The number of allylic oxidation sites excluding steroid dienone is 10. The summed E-state index contributed by atoms with van der Waals surface area (Å²) < 4.78 is 33.2. The first-order chi connectivity index (χ1) is 26.7. The number of carbonyl (C=O) groups excluding carboxylic acids is 1. The predicted octanol–water partition coefficient (Wildman–Crippen LogP) is 11.6. The van der Waals surface area contributed by atoms with Gasteiger partial charge in [0, 0.05) is 13.0 Å². The third kappa shape index (κ3) is 39.7. The molecule has 0 fully saturated rings. The molecule has 4 N–H and O–H groups in total. The quantitative estimate of drug-likeness (QED) is 0.0236. The van der Waals surface area contributed by atoms with E-state index in [0.29, 0.717) is 13.0 Å². The van der Waals surface area contributed by atoms with Gasteiger partial charge in [-0.3, -0.25) is 18.6 Å². The van der Waals surface area contributed by atoms with E-state index in [0.717, 1.165) is 57.8 Å². The summed E-state index contributed by atoms with van der Waals surface area (Å²) in [6.45, 7) is 3.61. The Hall–Kier alpha value is -2.33. The van der Waals surface area contributed by atoms with Crippen molar-refractivity contribution < 1.29 is 42.7 Å². The minimum absolute atomic E-state index is 0.0237. The van der Waals surface area contributed by atoms with Gasteiger partial charge in [-0.2, -0.15) is 0 Å². The van der Waals surface area contributed by atoms with Gasteiger partial charge in [-0.25, -0.2) is 4.57 Å². The van der Waals surface area contributed by atoms with Crippen molar-refractivity contribution in [3.8, 4) is 0 Å². The Morgan fingerprint density at radius 1 is 0.600 bits per heavy atom. The van der Waals surface area contributed by atoms with Crippen molar-refractivity contribution in [2.75, 3.05) is 26.4 Å². The standard InChI is InChI=1S/C44H78NO9P/c1-3-5-7-9-11-13-15-17-19-20-21-22-23-24-26-28-30-32-34-36-43(46)54-41(39-52-55(49,50)53-40-42(45)44(47)48)38-51-37-35-33-31-29-27-25-18-16-14-12-10-8-6-4-2/h6,8,12,14,17-19,25,29,31,41-42H,3-5,7,9-11,13,15-16,20-24,26-28,30,32-40,45H2,1-2H3,(H,47,48)(H,49,50)/b8-6-,14-12-,19-17-,25-18-,31-29-. The van der Waals surface area contributed by atoms with Gasteiger partial charge < -0.3 is 25.2 Å². The van der Waals surface area contributed by atoms with E-state index in [1.807, 2.05) is 0 Å². The minimum atomic E-state index is -4.63. The SMILES string of the molecule is CC/C=C\C/C=C\C/C=C\C/C=C\CCCOCC(COP(=O)(O)OCC(N)C(=O)O)OC(=O)CCCCCCCCCCC/C=C\CCCCCCCC. The third-order valence-corrected chi connectivity index (χ3v) is 9.73. The number of phosphoric acid groups is 1. The van der Waals surface area contributed by atoms with Crippen molar-refractivity contribution >= 4 is 19.8 Å². The van der Waals surface area contributed by atoms with Crippen LogP contribution in [0.4, 0.5) is 0 Å². The molecular formula is C44H78NO9P. The second-order valence-corrected chi connectivity index (χ2v) is 15.5. The molecule has 0 aromatic heterocycles. The number of nitrogens with two attached hydrogens (primary N) is 1. The number of rotatable bonds is 40. The van der Waals surface area contributed by atoms with Crippen LogP contribution in [-0.2, 0) is 32.7 Å². The lowest BCUT2D eigenvalue weighted by Gasteiger charge is -2.20. The van der Waals surface area contributed by atoms with Gasteiger partial charge in [0.05, 0.1) is 19.8 Å². The molecular weight excluding hydrogens is 717 g/mol. The first kappa shape index (κ1) is 52.7. The fourth-order valence-electron chi connectivity index (χ4n) is 5.48. The van der Waals surface area contributed by atoms with Gasteiger partial charge in [0.15, 0.2) is 0 Å². The number of unbranched alkanes of at least 4 members (excludes halogenated alkanes) is 16. The first-order valence-corrected chi connectivity index (χ1v) is 22.8. The maximum Gasteiger partial charge on any atom is 0.472 e. The molecule has 55 heavy (non-hydrogen) atoms. The molecule has 10 nitrogen and oxygen atoms in total. The Bertz CT molecular complexity index is 1100. The second kappa shape index (κ2) is 39.9. The first-order valence-electron chi connectivity index (χ1n) is 21.3. The number of carboxylic acid groups (broad SMARTS) is 1. The molecule has 0 aliphatic heterocycles. The molecule has 0 rings (SSSR count). The Morgan fingerprint density at radius 3 is 1.60 bits per heavy atom. The summed E-state index contributed by atoms with van der Waals surface area (Å²) in [5, 5.41) is 8.89. The molecule has 11 heteroatoms. The number of phosphoric ester groups is 1. The van der Waals surface area contributed by atoms with Crippen LogP contribution in [0, 0.1) is 0 Å². The van der Waals surface area contributed by atoms with E-state index in [1.54, 1.807) is 0 Å². The highest BCUT2D eigenvalue weighted by Gasteiger charge is 2.27. The van der Waals surface area contributed by atoms with Crippen molar-refractivity contribution in [1.82, 2.24) is 0 Å². The van der Waals surface area contributed by atoms with Crippen molar-refractivity contribution in [2.45, 2.75) is 180 Å².